The zero-order valence-electron chi connectivity index (χ0n) is 10.1. The molecule has 2 nitrogen and oxygen atoms in total. The first-order valence-corrected chi connectivity index (χ1v) is 5.12. The number of pyridine rings is 1. The highest BCUT2D eigenvalue weighted by Gasteiger charge is 1.95. The van der Waals surface area contributed by atoms with Crippen molar-refractivity contribution < 1.29 is 4.79 Å². The van der Waals surface area contributed by atoms with Crippen molar-refractivity contribution in [1.29, 1.82) is 0 Å². The quantitative estimate of drug-likeness (QED) is 0.641. The minimum Gasteiger partial charge on any atom is -0.298 e. The van der Waals surface area contributed by atoms with E-state index in [1.165, 1.54) is 0 Å². The minimum atomic E-state index is 0.681. The normalized spacial score (nSPS) is 7.57. The fraction of sp³-hybridized carbons (Fsp3) is 0.500. The Morgan fingerprint density at radius 2 is 1.64 bits per heavy atom. The van der Waals surface area contributed by atoms with Gasteiger partial charge in [0.2, 0.25) is 0 Å². The SMILES string of the molecule is CC.CC.Cc1cnc(C)c(C=O)c1. The molecule has 0 N–H and O–H groups in total. The molecule has 80 valence electrons. The molecule has 0 atom stereocenters. The Morgan fingerprint density at radius 1 is 1.14 bits per heavy atom. The van der Waals surface area contributed by atoms with Gasteiger partial charge < -0.3 is 0 Å². The van der Waals surface area contributed by atoms with E-state index in [1.54, 1.807) is 6.20 Å². The lowest BCUT2D eigenvalue weighted by Gasteiger charge is -1.96. The Bertz CT molecular complexity index is 256. The highest BCUT2D eigenvalue weighted by molar-refractivity contribution is 5.76. The number of aldehydes is 1. The van der Waals surface area contributed by atoms with E-state index in [0.717, 1.165) is 17.5 Å². The molecule has 1 heterocycles. The molecule has 0 aliphatic carbocycles. The second-order valence-corrected chi connectivity index (χ2v) is 2.31. The number of carbonyl (C=O) groups excluding carboxylic acids is 1. The first-order valence-electron chi connectivity index (χ1n) is 5.12. The molecule has 1 aromatic rings. The summed E-state index contributed by atoms with van der Waals surface area (Å²) in [5, 5.41) is 0. The predicted octanol–water partition coefficient (Wildman–Crippen LogP) is 3.56. The third kappa shape index (κ3) is 5.46. The van der Waals surface area contributed by atoms with Crippen molar-refractivity contribution in [2.45, 2.75) is 41.5 Å². The lowest BCUT2D eigenvalue weighted by molar-refractivity contribution is 0.112. The van der Waals surface area contributed by atoms with Crippen LogP contribution in [-0.4, -0.2) is 11.3 Å². The summed E-state index contributed by atoms with van der Waals surface area (Å²) in [6.07, 6.45) is 2.58. The summed E-state index contributed by atoms with van der Waals surface area (Å²) in [5.74, 6) is 0. The van der Waals surface area contributed by atoms with Crippen LogP contribution in [0.2, 0.25) is 0 Å². The molecule has 0 aliphatic rings. The molecule has 0 bridgehead atoms. The maximum atomic E-state index is 10.3. The summed E-state index contributed by atoms with van der Waals surface area (Å²) >= 11 is 0. The standard InChI is InChI=1S/C8H9NO.2C2H6/c1-6-3-8(5-10)7(2)9-4-6;2*1-2/h3-5H,1-2H3;2*1-2H3. The van der Waals surface area contributed by atoms with Gasteiger partial charge in [0.1, 0.15) is 0 Å². The molecule has 1 aromatic heterocycles. The van der Waals surface area contributed by atoms with E-state index in [0.29, 0.717) is 5.56 Å². The average molecular weight is 195 g/mol. The van der Waals surface area contributed by atoms with Crippen molar-refractivity contribution in [2.75, 3.05) is 0 Å². The second-order valence-electron chi connectivity index (χ2n) is 2.31. The monoisotopic (exact) mass is 195 g/mol. The molecule has 14 heavy (non-hydrogen) atoms. The van der Waals surface area contributed by atoms with Crippen molar-refractivity contribution in [3.63, 3.8) is 0 Å². The lowest BCUT2D eigenvalue weighted by atomic mass is 10.2. The minimum absolute atomic E-state index is 0.681. The molecule has 2 heteroatoms. The molecule has 0 spiro atoms. The molecule has 0 radical (unpaired) electrons. The van der Waals surface area contributed by atoms with Crippen molar-refractivity contribution in [3.05, 3.63) is 29.1 Å². The molecular weight excluding hydrogens is 174 g/mol. The Hall–Kier alpha value is -1.18. The van der Waals surface area contributed by atoms with Crippen LogP contribution in [0.4, 0.5) is 0 Å². The number of hydrogen-bond acceptors (Lipinski definition) is 2. The van der Waals surface area contributed by atoms with Crippen molar-refractivity contribution in [2.24, 2.45) is 0 Å². The van der Waals surface area contributed by atoms with Crippen LogP contribution in [0.25, 0.3) is 0 Å². The largest absolute Gasteiger partial charge is 0.298 e. The van der Waals surface area contributed by atoms with Crippen LogP contribution in [0.15, 0.2) is 12.3 Å². The molecule has 0 fully saturated rings. The van der Waals surface area contributed by atoms with E-state index >= 15 is 0 Å². The van der Waals surface area contributed by atoms with Gasteiger partial charge in [-0.3, -0.25) is 9.78 Å². The Morgan fingerprint density at radius 3 is 2.00 bits per heavy atom. The maximum absolute atomic E-state index is 10.3. The van der Waals surface area contributed by atoms with E-state index < -0.39 is 0 Å². The molecular formula is C12H21NO. The predicted molar refractivity (Wildman–Crippen MR) is 61.8 cm³/mol. The fourth-order valence-corrected chi connectivity index (χ4v) is 0.779. The van der Waals surface area contributed by atoms with E-state index in [1.807, 2.05) is 47.6 Å². The topological polar surface area (TPSA) is 30.0 Å². The van der Waals surface area contributed by atoms with Gasteiger partial charge in [-0.1, -0.05) is 27.7 Å². The van der Waals surface area contributed by atoms with Gasteiger partial charge in [-0.25, -0.2) is 0 Å². The molecule has 0 amide bonds. The highest BCUT2D eigenvalue weighted by Crippen LogP contribution is 2.03. The summed E-state index contributed by atoms with van der Waals surface area (Å²) in [4.78, 5) is 14.4. The highest BCUT2D eigenvalue weighted by atomic mass is 16.1. The van der Waals surface area contributed by atoms with Crippen molar-refractivity contribution >= 4 is 6.29 Å². The van der Waals surface area contributed by atoms with Gasteiger partial charge >= 0.3 is 0 Å². The van der Waals surface area contributed by atoms with Crippen LogP contribution in [-0.2, 0) is 0 Å². The van der Waals surface area contributed by atoms with Gasteiger partial charge in [0.05, 0.1) is 0 Å². The smallest absolute Gasteiger partial charge is 0.151 e. The summed E-state index contributed by atoms with van der Waals surface area (Å²) in [5.41, 5.74) is 2.49. The molecule has 0 unspecified atom stereocenters. The zero-order chi connectivity index (χ0) is 11.6. The third-order valence-electron chi connectivity index (χ3n) is 1.39. The van der Waals surface area contributed by atoms with Gasteiger partial charge in [-0.05, 0) is 25.5 Å². The zero-order valence-corrected chi connectivity index (χ0v) is 10.1. The van der Waals surface area contributed by atoms with Crippen LogP contribution < -0.4 is 0 Å². The summed E-state index contributed by atoms with van der Waals surface area (Å²) < 4.78 is 0. The summed E-state index contributed by atoms with van der Waals surface area (Å²) in [6, 6.07) is 1.83. The Labute approximate surface area is 87.4 Å². The van der Waals surface area contributed by atoms with Crippen LogP contribution in [0.1, 0.15) is 49.3 Å². The number of carbonyl (C=O) groups is 1. The number of aromatic nitrogens is 1. The first kappa shape index (κ1) is 15.3. The van der Waals surface area contributed by atoms with E-state index in [2.05, 4.69) is 4.98 Å². The molecule has 0 aromatic carbocycles. The first-order chi connectivity index (χ1) is 6.74. The van der Waals surface area contributed by atoms with Crippen LogP contribution in [0.5, 0.6) is 0 Å². The molecule has 1 rings (SSSR count). The number of hydrogen-bond donors (Lipinski definition) is 0. The van der Waals surface area contributed by atoms with Crippen LogP contribution in [0.3, 0.4) is 0 Å². The van der Waals surface area contributed by atoms with Crippen molar-refractivity contribution in [1.82, 2.24) is 4.98 Å². The Kier molecular flexibility index (Phi) is 10.8. The number of nitrogens with zero attached hydrogens (tertiary/aromatic N) is 1. The van der Waals surface area contributed by atoms with Gasteiger partial charge in [0.25, 0.3) is 0 Å². The molecule has 0 saturated carbocycles. The summed E-state index contributed by atoms with van der Waals surface area (Å²) in [6.45, 7) is 11.7. The van der Waals surface area contributed by atoms with Crippen LogP contribution >= 0.6 is 0 Å². The fourth-order valence-electron chi connectivity index (χ4n) is 0.779. The van der Waals surface area contributed by atoms with Crippen LogP contribution in [0, 0.1) is 13.8 Å². The molecule has 0 aliphatic heterocycles. The van der Waals surface area contributed by atoms with E-state index in [9.17, 15) is 4.79 Å². The molecule has 0 saturated heterocycles. The van der Waals surface area contributed by atoms with Crippen molar-refractivity contribution in [3.8, 4) is 0 Å². The van der Waals surface area contributed by atoms with Gasteiger partial charge in [0.15, 0.2) is 6.29 Å². The third-order valence-corrected chi connectivity index (χ3v) is 1.39. The summed E-state index contributed by atoms with van der Waals surface area (Å²) in [7, 11) is 0. The van der Waals surface area contributed by atoms with E-state index in [4.69, 9.17) is 0 Å². The second kappa shape index (κ2) is 9.90. The lowest BCUT2D eigenvalue weighted by Crippen LogP contribution is -1.90. The van der Waals surface area contributed by atoms with E-state index in [-0.39, 0.29) is 0 Å². The van der Waals surface area contributed by atoms with Gasteiger partial charge in [-0.2, -0.15) is 0 Å². The van der Waals surface area contributed by atoms with Gasteiger partial charge in [-0.15, -0.1) is 0 Å². The number of rotatable bonds is 1. The van der Waals surface area contributed by atoms with Gasteiger partial charge in [0, 0.05) is 17.5 Å². The average Bonchev–Trinajstić information content (AvgIpc) is 2.27. The Balaban J connectivity index is 0. The number of aryl methyl sites for hydroxylation is 2. The maximum Gasteiger partial charge on any atom is 0.151 e.